The van der Waals surface area contributed by atoms with Gasteiger partial charge in [-0.05, 0) is 26.3 Å². The highest BCUT2D eigenvalue weighted by Gasteiger charge is 2.20. The van der Waals surface area contributed by atoms with Gasteiger partial charge < -0.3 is 9.92 Å². The molecule has 1 rings (SSSR count). The van der Waals surface area contributed by atoms with Gasteiger partial charge >= 0.3 is 10.5 Å². The average molecular weight is 261 g/mol. The summed E-state index contributed by atoms with van der Waals surface area (Å²) < 4.78 is 37.7. The molecule has 2 N–H and O–H groups in total. The fourth-order valence-electron chi connectivity index (χ4n) is 1.63. The second-order valence-electron chi connectivity index (χ2n) is 3.63. The third-order valence-electron chi connectivity index (χ3n) is 2.60. The van der Waals surface area contributed by atoms with Crippen LogP contribution in [0.1, 0.15) is 27.0 Å². The van der Waals surface area contributed by atoms with E-state index in [-0.39, 0.29) is 28.1 Å². The molecule has 7 heteroatoms. The first kappa shape index (κ1) is 13.4. The minimum absolute atomic E-state index is 0.201. The topological polar surface area (TPSA) is 86.5 Å². The van der Waals surface area contributed by atoms with Crippen LogP contribution < -0.4 is 9.92 Å². The largest absolute Gasteiger partial charge is 0.488 e. The quantitative estimate of drug-likeness (QED) is 0.507. The molecule has 0 aliphatic heterocycles. The maximum Gasteiger partial charge on any atom is 0.488 e. The smallest absolute Gasteiger partial charge is 0.398 e. The van der Waals surface area contributed by atoms with Gasteiger partial charge in [0, 0.05) is 22.4 Å². The zero-order valence-corrected chi connectivity index (χ0v) is 10.4. The summed E-state index contributed by atoms with van der Waals surface area (Å²) in [5.74, 6) is -0.238. The lowest BCUT2D eigenvalue weighted by atomic mass is 9.97. The van der Waals surface area contributed by atoms with E-state index in [0.717, 1.165) is 0 Å². The molecule has 5 nitrogen and oxygen atoms in total. The Labute approximate surface area is 98.8 Å². The molecule has 0 spiro atoms. The van der Waals surface area contributed by atoms with Gasteiger partial charge in [0.25, 0.3) is 0 Å². The standard InChI is InChI=1S/C10H12FNO4S/c1-5-8(4-13)6(2)10(7(3)9(5)12)16-17(11,14)15/h4H,12H2,1-3H3. The Bertz CT molecular complexity index is 581. The summed E-state index contributed by atoms with van der Waals surface area (Å²) in [5, 5.41) is 0. The van der Waals surface area contributed by atoms with Crippen molar-refractivity contribution in [3.63, 3.8) is 0 Å². The van der Waals surface area contributed by atoms with Crippen LogP contribution in [0.15, 0.2) is 0 Å². The second-order valence-corrected chi connectivity index (χ2v) is 4.58. The third kappa shape index (κ3) is 2.55. The van der Waals surface area contributed by atoms with Crippen molar-refractivity contribution in [2.75, 3.05) is 5.73 Å². The van der Waals surface area contributed by atoms with E-state index >= 15 is 0 Å². The Kier molecular flexibility index (Phi) is 3.42. The van der Waals surface area contributed by atoms with Crippen molar-refractivity contribution in [2.45, 2.75) is 20.8 Å². The second kappa shape index (κ2) is 4.33. The van der Waals surface area contributed by atoms with Crippen LogP contribution in [0.25, 0.3) is 0 Å². The van der Waals surface area contributed by atoms with Crippen molar-refractivity contribution in [1.29, 1.82) is 0 Å². The van der Waals surface area contributed by atoms with E-state index in [0.29, 0.717) is 11.8 Å². The number of halogens is 1. The number of nitrogens with two attached hydrogens (primary N) is 1. The van der Waals surface area contributed by atoms with E-state index in [1.807, 2.05) is 0 Å². The van der Waals surface area contributed by atoms with Crippen LogP contribution in [0.2, 0.25) is 0 Å². The molecule has 0 saturated heterocycles. The summed E-state index contributed by atoms with van der Waals surface area (Å²) in [6.07, 6.45) is 0.526. The van der Waals surface area contributed by atoms with Crippen molar-refractivity contribution in [3.05, 3.63) is 22.3 Å². The van der Waals surface area contributed by atoms with Gasteiger partial charge in [-0.15, -0.1) is 0 Å². The third-order valence-corrected chi connectivity index (χ3v) is 2.96. The van der Waals surface area contributed by atoms with Gasteiger partial charge in [0.1, 0.15) is 0 Å². The Morgan fingerprint density at radius 1 is 1.18 bits per heavy atom. The lowest BCUT2D eigenvalue weighted by Crippen LogP contribution is -2.09. The van der Waals surface area contributed by atoms with Gasteiger partial charge in [-0.25, -0.2) is 0 Å². The number of carbonyl (C=O) groups excluding carboxylic acids is 1. The van der Waals surface area contributed by atoms with Crippen LogP contribution in [-0.2, 0) is 10.5 Å². The molecule has 0 amide bonds. The van der Waals surface area contributed by atoms with Crippen LogP contribution in [0.3, 0.4) is 0 Å². The zero-order valence-electron chi connectivity index (χ0n) is 9.57. The fraction of sp³-hybridized carbons (Fsp3) is 0.300. The molecular weight excluding hydrogens is 249 g/mol. The van der Waals surface area contributed by atoms with Crippen molar-refractivity contribution in [1.82, 2.24) is 0 Å². The first-order valence-electron chi connectivity index (χ1n) is 4.67. The lowest BCUT2D eigenvalue weighted by Gasteiger charge is -2.15. The number of hydrogen-bond acceptors (Lipinski definition) is 5. The predicted molar refractivity (Wildman–Crippen MR) is 61.1 cm³/mol. The summed E-state index contributed by atoms with van der Waals surface area (Å²) in [5.41, 5.74) is 7.13. The van der Waals surface area contributed by atoms with Gasteiger partial charge in [-0.3, -0.25) is 4.79 Å². The number of carbonyl (C=O) groups is 1. The van der Waals surface area contributed by atoms with E-state index in [1.165, 1.54) is 13.8 Å². The highest BCUT2D eigenvalue weighted by Crippen LogP contribution is 2.34. The molecule has 0 fully saturated rings. The molecule has 0 bridgehead atoms. The Balaban J connectivity index is 3.61. The maximum absolute atomic E-state index is 12.5. The minimum atomic E-state index is -5.15. The zero-order chi connectivity index (χ0) is 13.4. The first-order chi connectivity index (χ1) is 7.69. The van der Waals surface area contributed by atoms with Crippen LogP contribution in [0.5, 0.6) is 5.75 Å². The fourth-order valence-corrected chi connectivity index (χ4v) is 2.08. The van der Waals surface area contributed by atoms with Crippen LogP contribution in [-0.4, -0.2) is 14.7 Å². The number of rotatable bonds is 3. The van der Waals surface area contributed by atoms with E-state index < -0.39 is 10.5 Å². The average Bonchev–Trinajstić information content (AvgIpc) is 2.21. The summed E-state index contributed by atoms with van der Waals surface area (Å²) in [4.78, 5) is 10.9. The van der Waals surface area contributed by atoms with Crippen LogP contribution >= 0.6 is 0 Å². The normalized spacial score (nSPS) is 11.3. The molecule has 0 aliphatic rings. The maximum atomic E-state index is 12.5. The van der Waals surface area contributed by atoms with E-state index in [4.69, 9.17) is 5.73 Å². The molecule has 0 heterocycles. The number of benzene rings is 1. The summed E-state index contributed by atoms with van der Waals surface area (Å²) >= 11 is 0. The van der Waals surface area contributed by atoms with Gasteiger partial charge in [0.05, 0.1) is 0 Å². The van der Waals surface area contributed by atoms with Crippen molar-refractivity contribution >= 4 is 22.5 Å². The van der Waals surface area contributed by atoms with E-state index in [1.54, 1.807) is 6.92 Å². The van der Waals surface area contributed by atoms with Crippen molar-refractivity contribution in [3.8, 4) is 5.75 Å². The Morgan fingerprint density at radius 3 is 2.12 bits per heavy atom. The van der Waals surface area contributed by atoms with Crippen LogP contribution in [0.4, 0.5) is 9.57 Å². The SMILES string of the molecule is Cc1c(N)c(C)c(OS(=O)(=O)F)c(C)c1C=O. The molecule has 1 aromatic rings. The lowest BCUT2D eigenvalue weighted by molar-refractivity contribution is 0.112. The molecule has 94 valence electrons. The van der Waals surface area contributed by atoms with Gasteiger partial charge in [0.15, 0.2) is 12.0 Å². The van der Waals surface area contributed by atoms with Crippen LogP contribution in [0, 0.1) is 20.8 Å². The van der Waals surface area contributed by atoms with Crippen molar-refractivity contribution < 1.29 is 21.3 Å². The minimum Gasteiger partial charge on any atom is -0.398 e. The molecule has 17 heavy (non-hydrogen) atoms. The molecule has 0 atom stereocenters. The van der Waals surface area contributed by atoms with Gasteiger partial charge in [0.2, 0.25) is 0 Å². The Morgan fingerprint density at radius 2 is 1.71 bits per heavy atom. The summed E-state index contributed by atoms with van der Waals surface area (Å²) in [6, 6.07) is 0. The molecule has 0 radical (unpaired) electrons. The molecule has 0 aromatic heterocycles. The van der Waals surface area contributed by atoms with Crippen molar-refractivity contribution in [2.24, 2.45) is 0 Å². The molecule has 0 unspecified atom stereocenters. The first-order valence-corrected chi connectivity index (χ1v) is 5.98. The van der Waals surface area contributed by atoms with E-state index in [2.05, 4.69) is 4.18 Å². The summed E-state index contributed by atoms with van der Waals surface area (Å²) in [6.45, 7) is 4.57. The molecule has 1 aromatic carbocycles. The Hall–Kier alpha value is -1.63. The molecule has 0 aliphatic carbocycles. The number of nitrogen functional groups attached to an aromatic ring is 1. The number of anilines is 1. The monoisotopic (exact) mass is 261 g/mol. The number of hydrogen-bond donors (Lipinski definition) is 1. The highest BCUT2D eigenvalue weighted by atomic mass is 32.3. The highest BCUT2D eigenvalue weighted by molar-refractivity contribution is 7.81. The molecule has 0 saturated carbocycles. The molecular formula is C10H12FNO4S. The number of aldehydes is 1. The predicted octanol–water partition coefficient (Wildman–Crippen LogP) is 1.60. The van der Waals surface area contributed by atoms with Gasteiger partial charge in [-0.1, -0.05) is 3.89 Å². The summed E-state index contributed by atoms with van der Waals surface area (Å²) in [7, 11) is -5.15. The van der Waals surface area contributed by atoms with Gasteiger partial charge in [-0.2, -0.15) is 8.42 Å². The van der Waals surface area contributed by atoms with E-state index in [9.17, 15) is 17.1 Å².